The van der Waals surface area contributed by atoms with Gasteiger partial charge in [0.15, 0.2) is 0 Å². The third-order valence-corrected chi connectivity index (χ3v) is 5.67. The maximum Gasteiger partial charge on any atom is 0.416 e. The Morgan fingerprint density at radius 1 is 1.00 bits per heavy atom. The van der Waals surface area contributed by atoms with Crippen LogP contribution < -0.4 is 5.32 Å². The molecule has 0 bridgehead atoms. The predicted octanol–water partition coefficient (Wildman–Crippen LogP) is 6.91. The van der Waals surface area contributed by atoms with Crippen molar-refractivity contribution in [3.8, 4) is 11.1 Å². The zero-order chi connectivity index (χ0) is 22.7. The summed E-state index contributed by atoms with van der Waals surface area (Å²) in [5.41, 5.74) is 3.93. The smallest absolute Gasteiger partial charge is 0.416 e. The second-order valence-corrected chi connectivity index (χ2v) is 7.75. The molecule has 0 aliphatic heterocycles. The first-order chi connectivity index (χ1) is 15.3. The SMILES string of the molecule is O=C(NCC=Cc1cc(C(F)(F)F)ccc1Cl)OCC1c2ccccc2-c2ccccc21. The average molecular weight is 458 g/mol. The Bertz CT molecular complexity index is 1130. The minimum atomic E-state index is -4.45. The molecule has 4 rings (SSSR count). The molecular formula is C25H19ClF3NO2. The van der Waals surface area contributed by atoms with E-state index in [1.807, 2.05) is 36.4 Å². The number of benzene rings is 3. The lowest BCUT2D eigenvalue weighted by atomic mass is 9.98. The van der Waals surface area contributed by atoms with Gasteiger partial charge in [0.1, 0.15) is 6.61 Å². The number of rotatable bonds is 5. The van der Waals surface area contributed by atoms with Gasteiger partial charge in [-0.05, 0) is 46.0 Å². The topological polar surface area (TPSA) is 38.3 Å². The molecule has 0 atom stereocenters. The molecule has 164 valence electrons. The van der Waals surface area contributed by atoms with Crippen LogP contribution in [0.2, 0.25) is 5.02 Å². The van der Waals surface area contributed by atoms with Crippen molar-refractivity contribution in [2.75, 3.05) is 13.2 Å². The van der Waals surface area contributed by atoms with Crippen molar-refractivity contribution in [2.24, 2.45) is 0 Å². The Morgan fingerprint density at radius 2 is 1.62 bits per heavy atom. The van der Waals surface area contributed by atoms with Crippen LogP contribution in [0.25, 0.3) is 17.2 Å². The fourth-order valence-electron chi connectivity index (χ4n) is 3.83. The summed E-state index contributed by atoms with van der Waals surface area (Å²) in [6, 6.07) is 19.1. The number of hydrogen-bond acceptors (Lipinski definition) is 2. The van der Waals surface area contributed by atoms with Crippen molar-refractivity contribution >= 4 is 23.8 Å². The van der Waals surface area contributed by atoms with Crippen LogP contribution in [0.5, 0.6) is 0 Å². The van der Waals surface area contributed by atoms with E-state index in [0.717, 1.165) is 34.4 Å². The summed E-state index contributed by atoms with van der Waals surface area (Å²) in [7, 11) is 0. The third kappa shape index (κ3) is 4.65. The average Bonchev–Trinajstić information content (AvgIpc) is 3.09. The fraction of sp³-hybridized carbons (Fsp3) is 0.160. The normalized spacial score (nSPS) is 13.1. The fourth-order valence-corrected chi connectivity index (χ4v) is 4.01. The summed E-state index contributed by atoms with van der Waals surface area (Å²) in [6.07, 6.45) is -2.11. The van der Waals surface area contributed by atoms with Crippen LogP contribution in [-0.2, 0) is 10.9 Å². The van der Waals surface area contributed by atoms with E-state index in [9.17, 15) is 18.0 Å². The van der Waals surface area contributed by atoms with E-state index < -0.39 is 17.8 Å². The minimum absolute atomic E-state index is 0.0485. The van der Waals surface area contributed by atoms with Crippen molar-refractivity contribution in [3.63, 3.8) is 0 Å². The first-order valence-corrected chi connectivity index (χ1v) is 10.3. The quantitative estimate of drug-likeness (QED) is 0.452. The van der Waals surface area contributed by atoms with Gasteiger partial charge in [-0.15, -0.1) is 0 Å². The minimum Gasteiger partial charge on any atom is -0.449 e. The van der Waals surface area contributed by atoms with Gasteiger partial charge in [-0.3, -0.25) is 0 Å². The molecule has 0 unspecified atom stereocenters. The molecule has 1 aliphatic carbocycles. The number of carbonyl (C=O) groups excluding carboxylic acids is 1. The standard InChI is InChI=1S/C25H19ClF3NO2/c26-23-12-11-17(25(27,28)29)14-16(23)6-5-13-30-24(31)32-15-22-20-9-3-1-7-18(20)19-8-2-4-10-21(19)22/h1-12,14,22H,13,15H2,(H,30,31). The maximum atomic E-state index is 12.9. The van der Waals surface area contributed by atoms with E-state index in [4.69, 9.17) is 16.3 Å². The van der Waals surface area contributed by atoms with E-state index in [-0.39, 0.29) is 29.7 Å². The summed E-state index contributed by atoms with van der Waals surface area (Å²) in [4.78, 5) is 12.1. The molecule has 0 aromatic heterocycles. The molecule has 32 heavy (non-hydrogen) atoms. The molecule has 3 aromatic rings. The highest BCUT2D eigenvalue weighted by Gasteiger charge is 2.31. The second-order valence-electron chi connectivity index (χ2n) is 7.34. The maximum absolute atomic E-state index is 12.9. The Labute approximate surface area is 188 Å². The number of ether oxygens (including phenoxy) is 1. The molecule has 1 N–H and O–H groups in total. The van der Waals surface area contributed by atoms with Gasteiger partial charge in [0, 0.05) is 17.5 Å². The lowest BCUT2D eigenvalue weighted by Crippen LogP contribution is -2.26. The van der Waals surface area contributed by atoms with Crippen LogP contribution in [0.4, 0.5) is 18.0 Å². The van der Waals surface area contributed by atoms with Crippen molar-refractivity contribution < 1.29 is 22.7 Å². The molecular weight excluding hydrogens is 439 g/mol. The van der Waals surface area contributed by atoms with E-state index in [1.165, 1.54) is 18.2 Å². The summed E-state index contributed by atoms with van der Waals surface area (Å²) in [5, 5.41) is 2.77. The van der Waals surface area contributed by atoms with Gasteiger partial charge in [0.05, 0.1) is 5.56 Å². The van der Waals surface area contributed by atoms with Crippen molar-refractivity contribution in [1.29, 1.82) is 0 Å². The van der Waals surface area contributed by atoms with Gasteiger partial charge in [-0.2, -0.15) is 13.2 Å². The molecule has 3 nitrogen and oxygen atoms in total. The summed E-state index contributed by atoms with van der Waals surface area (Å²) in [6.45, 7) is 0.270. The molecule has 0 spiro atoms. The number of nitrogens with one attached hydrogen (secondary N) is 1. The predicted molar refractivity (Wildman–Crippen MR) is 119 cm³/mol. The Morgan fingerprint density at radius 3 is 2.25 bits per heavy atom. The zero-order valence-electron chi connectivity index (χ0n) is 16.8. The van der Waals surface area contributed by atoms with E-state index in [0.29, 0.717) is 0 Å². The summed E-state index contributed by atoms with van der Waals surface area (Å²) < 4.78 is 44.0. The number of amides is 1. The number of alkyl halides is 3. The first kappa shape index (κ1) is 22.0. The van der Waals surface area contributed by atoms with E-state index in [1.54, 1.807) is 0 Å². The number of hydrogen-bond donors (Lipinski definition) is 1. The number of fused-ring (bicyclic) bond motifs is 3. The highest BCUT2D eigenvalue weighted by Crippen LogP contribution is 2.44. The van der Waals surface area contributed by atoms with Crippen LogP contribution in [0, 0.1) is 0 Å². The lowest BCUT2D eigenvalue weighted by molar-refractivity contribution is -0.137. The molecule has 0 fully saturated rings. The largest absolute Gasteiger partial charge is 0.449 e. The molecule has 1 aliphatic rings. The lowest BCUT2D eigenvalue weighted by Gasteiger charge is -2.14. The van der Waals surface area contributed by atoms with Crippen LogP contribution in [-0.4, -0.2) is 19.2 Å². The highest BCUT2D eigenvalue weighted by molar-refractivity contribution is 6.32. The van der Waals surface area contributed by atoms with Crippen LogP contribution >= 0.6 is 11.6 Å². The monoisotopic (exact) mass is 457 g/mol. The van der Waals surface area contributed by atoms with Gasteiger partial charge in [0.2, 0.25) is 0 Å². The van der Waals surface area contributed by atoms with Gasteiger partial charge in [-0.1, -0.05) is 72.3 Å². The molecule has 7 heteroatoms. The van der Waals surface area contributed by atoms with E-state index in [2.05, 4.69) is 17.4 Å². The van der Waals surface area contributed by atoms with Gasteiger partial charge < -0.3 is 10.1 Å². The third-order valence-electron chi connectivity index (χ3n) is 5.33. The van der Waals surface area contributed by atoms with Crippen LogP contribution in [0.3, 0.4) is 0 Å². The molecule has 1 amide bonds. The number of halogens is 4. The van der Waals surface area contributed by atoms with Crippen molar-refractivity contribution in [2.45, 2.75) is 12.1 Å². The van der Waals surface area contributed by atoms with Crippen molar-refractivity contribution in [1.82, 2.24) is 5.32 Å². The Hall–Kier alpha value is -3.25. The highest BCUT2D eigenvalue weighted by atomic mass is 35.5. The number of alkyl carbamates (subject to hydrolysis) is 1. The Balaban J connectivity index is 1.34. The zero-order valence-corrected chi connectivity index (χ0v) is 17.6. The summed E-state index contributed by atoms with van der Waals surface area (Å²) >= 11 is 5.96. The van der Waals surface area contributed by atoms with E-state index >= 15 is 0 Å². The van der Waals surface area contributed by atoms with Crippen molar-refractivity contribution in [3.05, 3.63) is 100 Å². The molecule has 3 aromatic carbocycles. The van der Waals surface area contributed by atoms with Gasteiger partial charge in [0.25, 0.3) is 0 Å². The van der Waals surface area contributed by atoms with Crippen LogP contribution in [0.1, 0.15) is 28.2 Å². The second kappa shape index (κ2) is 9.09. The molecule has 0 radical (unpaired) electrons. The molecule has 0 saturated carbocycles. The number of carbonyl (C=O) groups is 1. The van der Waals surface area contributed by atoms with Crippen LogP contribution in [0.15, 0.2) is 72.8 Å². The summed E-state index contributed by atoms with van der Waals surface area (Å²) in [5.74, 6) is -0.0485. The van der Waals surface area contributed by atoms with Gasteiger partial charge >= 0.3 is 12.3 Å². The Kier molecular flexibility index (Phi) is 6.24. The van der Waals surface area contributed by atoms with Gasteiger partial charge in [-0.25, -0.2) is 4.79 Å². The molecule has 0 heterocycles. The molecule has 0 saturated heterocycles. The first-order valence-electron chi connectivity index (χ1n) is 9.96.